The van der Waals surface area contributed by atoms with E-state index in [0.29, 0.717) is 23.7 Å². The molecule has 3 N–H and O–H groups in total. The van der Waals surface area contributed by atoms with Crippen LogP contribution in [0.15, 0.2) is 12.1 Å². The molecule has 1 atom stereocenters. The van der Waals surface area contributed by atoms with Gasteiger partial charge in [-0.15, -0.1) is 0 Å². The van der Waals surface area contributed by atoms with Crippen molar-refractivity contribution >= 4 is 0 Å². The van der Waals surface area contributed by atoms with Crippen LogP contribution in [0.3, 0.4) is 0 Å². The topological polar surface area (TPSA) is 73.9 Å². The van der Waals surface area contributed by atoms with Crippen molar-refractivity contribution in [1.29, 1.82) is 0 Å². The molecule has 0 spiro atoms. The molecule has 1 aromatic carbocycles. The smallest absolute Gasteiger partial charge is 0.161 e. The van der Waals surface area contributed by atoms with Crippen LogP contribution in [0.4, 0.5) is 0 Å². The Balaban J connectivity index is 3.24. The molecular weight excluding hydrogens is 222 g/mol. The minimum absolute atomic E-state index is 0.145. The maximum atomic E-state index is 9.84. The standard InChI is InChI=1S/C12H19NO4/c1-15-7-8-4-11(16-2)12(17-3)5-9(8)10(14)6-13/h4-5,10,14H,6-7,13H2,1-3H3. The summed E-state index contributed by atoms with van der Waals surface area (Å²) >= 11 is 0. The van der Waals surface area contributed by atoms with E-state index < -0.39 is 6.10 Å². The van der Waals surface area contributed by atoms with Crippen LogP contribution in [0.2, 0.25) is 0 Å². The molecule has 5 nitrogen and oxygen atoms in total. The highest BCUT2D eigenvalue weighted by Gasteiger charge is 2.16. The molecule has 5 heteroatoms. The Kier molecular flexibility index (Phi) is 5.21. The maximum Gasteiger partial charge on any atom is 0.161 e. The number of benzene rings is 1. The van der Waals surface area contributed by atoms with Crippen molar-refractivity contribution in [2.45, 2.75) is 12.7 Å². The molecule has 0 bridgehead atoms. The highest BCUT2D eigenvalue weighted by atomic mass is 16.5. The van der Waals surface area contributed by atoms with Crippen molar-refractivity contribution in [3.8, 4) is 11.5 Å². The van der Waals surface area contributed by atoms with Crippen molar-refractivity contribution in [2.24, 2.45) is 5.73 Å². The van der Waals surface area contributed by atoms with Crippen molar-refractivity contribution in [2.75, 3.05) is 27.9 Å². The lowest BCUT2D eigenvalue weighted by atomic mass is 10.0. The first-order valence-corrected chi connectivity index (χ1v) is 5.29. The molecule has 0 amide bonds. The van der Waals surface area contributed by atoms with E-state index in [1.807, 2.05) is 0 Å². The molecule has 0 fully saturated rings. The molecular formula is C12H19NO4. The van der Waals surface area contributed by atoms with Crippen LogP contribution in [0.5, 0.6) is 11.5 Å². The van der Waals surface area contributed by atoms with Gasteiger partial charge in [0.05, 0.1) is 26.9 Å². The molecule has 1 unspecified atom stereocenters. The first-order valence-electron chi connectivity index (χ1n) is 5.29. The Bertz CT molecular complexity index is 368. The van der Waals surface area contributed by atoms with Gasteiger partial charge in [-0.3, -0.25) is 0 Å². The second-order valence-electron chi connectivity index (χ2n) is 3.59. The molecule has 0 saturated carbocycles. The minimum atomic E-state index is -0.736. The van der Waals surface area contributed by atoms with Gasteiger partial charge in [-0.25, -0.2) is 0 Å². The normalized spacial score (nSPS) is 12.3. The third kappa shape index (κ3) is 3.09. The van der Waals surface area contributed by atoms with E-state index in [4.69, 9.17) is 19.9 Å². The number of ether oxygens (including phenoxy) is 3. The second kappa shape index (κ2) is 6.44. The van der Waals surface area contributed by atoms with Crippen LogP contribution in [0.1, 0.15) is 17.2 Å². The molecule has 0 aliphatic rings. The molecule has 0 aliphatic carbocycles. The van der Waals surface area contributed by atoms with Crippen molar-refractivity contribution in [3.63, 3.8) is 0 Å². The van der Waals surface area contributed by atoms with Gasteiger partial charge in [0.25, 0.3) is 0 Å². The van der Waals surface area contributed by atoms with Crippen molar-refractivity contribution in [3.05, 3.63) is 23.3 Å². The number of aliphatic hydroxyl groups excluding tert-OH is 1. The summed E-state index contributed by atoms with van der Waals surface area (Å²) in [5.74, 6) is 1.17. The van der Waals surface area contributed by atoms with Gasteiger partial charge in [0.1, 0.15) is 0 Å². The molecule has 0 saturated heterocycles. The summed E-state index contributed by atoms with van der Waals surface area (Å²) in [4.78, 5) is 0. The fourth-order valence-electron chi connectivity index (χ4n) is 1.65. The van der Waals surface area contributed by atoms with Gasteiger partial charge in [-0.2, -0.15) is 0 Å². The van der Waals surface area contributed by atoms with Crippen LogP contribution < -0.4 is 15.2 Å². The number of hydrogen-bond acceptors (Lipinski definition) is 5. The fourth-order valence-corrected chi connectivity index (χ4v) is 1.65. The van der Waals surface area contributed by atoms with Gasteiger partial charge < -0.3 is 25.1 Å². The first kappa shape index (κ1) is 13.8. The lowest BCUT2D eigenvalue weighted by molar-refractivity contribution is 0.165. The second-order valence-corrected chi connectivity index (χ2v) is 3.59. The molecule has 1 aromatic rings. The van der Waals surface area contributed by atoms with Crippen LogP contribution in [0.25, 0.3) is 0 Å². The van der Waals surface area contributed by atoms with Gasteiger partial charge in [0.2, 0.25) is 0 Å². The lowest BCUT2D eigenvalue weighted by Gasteiger charge is -2.17. The summed E-state index contributed by atoms with van der Waals surface area (Å²) < 4.78 is 15.5. The predicted octanol–water partition coefficient (Wildman–Crippen LogP) is 0.842. The molecule has 0 radical (unpaired) electrons. The SMILES string of the molecule is COCc1cc(OC)c(OC)cc1C(O)CN. The first-order chi connectivity index (χ1) is 8.17. The number of aliphatic hydroxyl groups is 1. The van der Waals surface area contributed by atoms with E-state index in [1.165, 1.54) is 0 Å². The van der Waals surface area contributed by atoms with E-state index >= 15 is 0 Å². The third-order valence-electron chi connectivity index (χ3n) is 2.53. The zero-order valence-electron chi connectivity index (χ0n) is 10.4. The average Bonchev–Trinajstić information content (AvgIpc) is 2.37. The molecule has 0 heterocycles. The van der Waals surface area contributed by atoms with Crippen molar-refractivity contribution in [1.82, 2.24) is 0 Å². The van der Waals surface area contributed by atoms with E-state index in [0.717, 1.165) is 5.56 Å². The summed E-state index contributed by atoms with van der Waals surface area (Å²) in [6.45, 7) is 0.527. The van der Waals surface area contributed by atoms with Gasteiger partial charge in [0.15, 0.2) is 11.5 Å². The summed E-state index contributed by atoms with van der Waals surface area (Å²) in [7, 11) is 4.70. The Morgan fingerprint density at radius 3 is 2.24 bits per heavy atom. The summed E-state index contributed by atoms with van der Waals surface area (Å²) in [6.07, 6.45) is -0.736. The van der Waals surface area contributed by atoms with Gasteiger partial charge >= 0.3 is 0 Å². The Morgan fingerprint density at radius 1 is 1.18 bits per heavy atom. The maximum absolute atomic E-state index is 9.84. The number of rotatable bonds is 6. The van der Waals surface area contributed by atoms with Crippen LogP contribution in [-0.4, -0.2) is 33.0 Å². The van der Waals surface area contributed by atoms with Gasteiger partial charge in [-0.1, -0.05) is 0 Å². The molecule has 17 heavy (non-hydrogen) atoms. The molecule has 0 aromatic heterocycles. The monoisotopic (exact) mass is 241 g/mol. The number of methoxy groups -OCH3 is 3. The summed E-state index contributed by atoms with van der Waals surface area (Å²) in [6, 6.07) is 3.52. The quantitative estimate of drug-likeness (QED) is 0.772. The van der Waals surface area contributed by atoms with Crippen LogP contribution in [0, 0.1) is 0 Å². The summed E-state index contributed by atoms with van der Waals surface area (Å²) in [5, 5.41) is 9.84. The van der Waals surface area contributed by atoms with Crippen LogP contribution >= 0.6 is 0 Å². The van der Waals surface area contributed by atoms with Crippen molar-refractivity contribution < 1.29 is 19.3 Å². The van der Waals surface area contributed by atoms with E-state index in [1.54, 1.807) is 33.5 Å². The lowest BCUT2D eigenvalue weighted by Crippen LogP contribution is -2.14. The van der Waals surface area contributed by atoms with E-state index in [2.05, 4.69) is 0 Å². The minimum Gasteiger partial charge on any atom is -0.493 e. The Morgan fingerprint density at radius 2 is 1.76 bits per heavy atom. The average molecular weight is 241 g/mol. The molecule has 0 aliphatic heterocycles. The zero-order chi connectivity index (χ0) is 12.8. The number of nitrogens with two attached hydrogens (primary N) is 1. The number of hydrogen-bond donors (Lipinski definition) is 2. The summed E-state index contributed by atoms with van der Waals surface area (Å²) in [5.41, 5.74) is 7.01. The van der Waals surface area contributed by atoms with E-state index in [9.17, 15) is 5.11 Å². The van der Waals surface area contributed by atoms with E-state index in [-0.39, 0.29) is 6.54 Å². The Labute approximate surface area is 101 Å². The largest absolute Gasteiger partial charge is 0.493 e. The predicted molar refractivity (Wildman–Crippen MR) is 64.3 cm³/mol. The van der Waals surface area contributed by atoms with Crippen LogP contribution in [-0.2, 0) is 11.3 Å². The third-order valence-corrected chi connectivity index (χ3v) is 2.53. The zero-order valence-corrected chi connectivity index (χ0v) is 10.4. The highest BCUT2D eigenvalue weighted by Crippen LogP contribution is 2.33. The van der Waals surface area contributed by atoms with Gasteiger partial charge in [-0.05, 0) is 23.3 Å². The highest BCUT2D eigenvalue weighted by molar-refractivity contribution is 5.48. The fraction of sp³-hybridized carbons (Fsp3) is 0.500. The van der Waals surface area contributed by atoms with Gasteiger partial charge in [0, 0.05) is 13.7 Å². The Hall–Kier alpha value is -1.30. The molecule has 96 valence electrons. The molecule has 1 rings (SSSR count).